The second kappa shape index (κ2) is 5.73. The number of hydrogen-bond acceptors (Lipinski definition) is 4. The molecule has 0 spiro atoms. The highest BCUT2D eigenvalue weighted by Gasteiger charge is 2.25. The normalized spacial score (nSPS) is 11.5. The number of hydrogen-bond donors (Lipinski definition) is 1. The van der Waals surface area contributed by atoms with E-state index in [0.717, 1.165) is 11.3 Å². The van der Waals surface area contributed by atoms with Crippen LogP contribution in [0.3, 0.4) is 0 Å². The van der Waals surface area contributed by atoms with Gasteiger partial charge in [0.05, 0.1) is 12.3 Å². The minimum absolute atomic E-state index is 0.149. The molecule has 6 heteroatoms. The van der Waals surface area contributed by atoms with Crippen LogP contribution in [-0.4, -0.2) is 20.1 Å². The van der Waals surface area contributed by atoms with Gasteiger partial charge in [-0.2, -0.15) is 0 Å². The first kappa shape index (κ1) is 14.0. The molecule has 0 aliphatic rings. The molecule has 1 heterocycles. The molecule has 2 aromatic rings. The molecule has 0 atom stereocenters. The zero-order valence-electron chi connectivity index (χ0n) is 10.5. The molecule has 0 amide bonds. The number of anilines is 1. The van der Waals surface area contributed by atoms with Gasteiger partial charge in [0.1, 0.15) is 4.21 Å². The Morgan fingerprint density at radius 2 is 1.95 bits per heavy atom. The first-order chi connectivity index (χ1) is 9.09. The van der Waals surface area contributed by atoms with Gasteiger partial charge in [0, 0.05) is 6.54 Å². The number of thiophene rings is 1. The maximum absolute atomic E-state index is 12.5. The second-order valence-electron chi connectivity index (χ2n) is 3.94. The molecule has 0 bridgehead atoms. The first-order valence-electron chi connectivity index (χ1n) is 5.85. The predicted molar refractivity (Wildman–Crippen MR) is 76.9 cm³/mol. The van der Waals surface area contributed by atoms with Crippen LogP contribution in [0.4, 0.5) is 5.69 Å². The van der Waals surface area contributed by atoms with Gasteiger partial charge in [-0.3, -0.25) is 4.31 Å². The van der Waals surface area contributed by atoms with Gasteiger partial charge in [-0.05, 0) is 36.1 Å². The van der Waals surface area contributed by atoms with Gasteiger partial charge in [0.15, 0.2) is 0 Å². The highest BCUT2D eigenvalue weighted by atomic mass is 32.2. The van der Waals surface area contributed by atoms with E-state index in [1.54, 1.807) is 36.6 Å². The summed E-state index contributed by atoms with van der Waals surface area (Å²) in [4.78, 5) is 0. The smallest absolute Gasteiger partial charge is 0.273 e. The Kier molecular flexibility index (Phi) is 4.24. The molecule has 1 N–H and O–H groups in total. The van der Waals surface area contributed by atoms with E-state index in [1.165, 1.54) is 10.4 Å². The van der Waals surface area contributed by atoms with Crippen LogP contribution in [0.5, 0.6) is 0 Å². The first-order valence-corrected chi connectivity index (χ1v) is 8.17. The summed E-state index contributed by atoms with van der Waals surface area (Å²) in [6.45, 7) is 2.01. The van der Waals surface area contributed by atoms with Gasteiger partial charge in [0.25, 0.3) is 10.0 Å². The molecule has 0 aliphatic carbocycles. The largest absolute Gasteiger partial charge is 0.392 e. The number of para-hydroxylation sites is 1. The number of aliphatic hydroxyl groups is 1. The van der Waals surface area contributed by atoms with Crippen LogP contribution in [-0.2, 0) is 16.6 Å². The van der Waals surface area contributed by atoms with Crippen molar-refractivity contribution in [3.63, 3.8) is 0 Å². The molecule has 0 saturated carbocycles. The molecular weight excluding hydrogens is 282 g/mol. The van der Waals surface area contributed by atoms with Gasteiger partial charge < -0.3 is 5.11 Å². The fourth-order valence-corrected chi connectivity index (χ4v) is 4.55. The van der Waals surface area contributed by atoms with E-state index in [9.17, 15) is 8.42 Å². The summed E-state index contributed by atoms with van der Waals surface area (Å²) >= 11 is 1.13. The third-order valence-corrected chi connectivity index (χ3v) is 6.05. The lowest BCUT2D eigenvalue weighted by atomic mass is 10.3. The number of sulfonamides is 1. The summed E-state index contributed by atoms with van der Waals surface area (Å²) in [7, 11) is -3.55. The van der Waals surface area contributed by atoms with Gasteiger partial charge in [-0.25, -0.2) is 8.42 Å². The summed E-state index contributed by atoms with van der Waals surface area (Å²) in [5, 5.41) is 10.7. The highest BCUT2D eigenvalue weighted by molar-refractivity contribution is 7.94. The zero-order chi connectivity index (χ0) is 13.9. The third kappa shape index (κ3) is 2.80. The average Bonchev–Trinajstić information content (AvgIpc) is 2.90. The highest BCUT2D eigenvalue weighted by Crippen LogP contribution is 2.27. The van der Waals surface area contributed by atoms with Crippen LogP contribution in [0.15, 0.2) is 46.0 Å². The number of nitrogens with zero attached hydrogens (tertiary/aromatic N) is 1. The van der Waals surface area contributed by atoms with Crippen molar-refractivity contribution in [2.24, 2.45) is 0 Å². The summed E-state index contributed by atoms with van der Waals surface area (Å²) in [6.07, 6.45) is 0. The van der Waals surface area contributed by atoms with E-state index in [-0.39, 0.29) is 10.8 Å². The molecule has 1 aromatic heterocycles. The van der Waals surface area contributed by atoms with E-state index in [4.69, 9.17) is 5.11 Å². The van der Waals surface area contributed by atoms with Crippen molar-refractivity contribution in [1.29, 1.82) is 0 Å². The Labute approximate surface area is 117 Å². The Morgan fingerprint density at radius 1 is 1.26 bits per heavy atom. The van der Waals surface area contributed by atoms with Crippen molar-refractivity contribution in [2.45, 2.75) is 17.7 Å². The lowest BCUT2D eigenvalue weighted by molar-refractivity contribution is 0.282. The molecule has 0 radical (unpaired) electrons. The quantitative estimate of drug-likeness (QED) is 0.922. The van der Waals surface area contributed by atoms with Gasteiger partial charge in [0.2, 0.25) is 0 Å². The molecule has 1 aromatic carbocycles. The molecule has 0 saturated heterocycles. The van der Waals surface area contributed by atoms with Gasteiger partial charge in [-0.1, -0.05) is 18.2 Å². The number of rotatable bonds is 5. The molecule has 0 fully saturated rings. The number of benzene rings is 1. The van der Waals surface area contributed by atoms with Crippen molar-refractivity contribution in [3.05, 3.63) is 47.3 Å². The van der Waals surface area contributed by atoms with E-state index >= 15 is 0 Å². The molecular formula is C13H15NO3S2. The molecule has 4 nitrogen and oxygen atoms in total. The topological polar surface area (TPSA) is 57.6 Å². The lowest BCUT2D eigenvalue weighted by Gasteiger charge is -2.21. The Balaban J connectivity index is 2.42. The third-order valence-electron chi connectivity index (χ3n) is 2.69. The molecule has 0 unspecified atom stereocenters. The molecule has 102 valence electrons. The fraction of sp³-hybridized carbons (Fsp3) is 0.231. The molecule has 19 heavy (non-hydrogen) atoms. The number of aliphatic hydroxyl groups excluding tert-OH is 1. The average molecular weight is 297 g/mol. The summed E-state index contributed by atoms with van der Waals surface area (Å²) in [6, 6.07) is 10.5. The van der Waals surface area contributed by atoms with Crippen LogP contribution < -0.4 is 4.31 Å². The van der Waals surface area contributed by atoms with E-state index < -0.39 is 10.0 Å². The standard InChI is InChI=1S/C13H15NO3S2/c1-2-14(12-6-4-3-5-7-12)19(16,17)13-8-11(9-15)10-18-13/h3-8,10,15H,2,9H2,1H3. The maximum Gasteiger partial charge on any atom is 0.273 e. The lowest BCUT2D eigenvalue weighted by Crippen LogP contribution is -2.30. The fourth-order valence-electron chi connectivity index (χ4n) is 1.77. The van der Waals surface area contributed by atoms with Crippen LogP contribution in [0.25, 0.3) is 0 Å². The van der Waals surface area contributed by atoms with Gasteiger partial charge >= 0.3 is 0 Å². The summed E-state index contributed by atoms with van der Waals surface area (Å²) in [5.41, 5.74) is 1.26. The van der Waals surface area contributed by atoms with Crippen molar-refractivity contribution in [2.75, 3.05) is 10.8 Å². The van der Waals surface area contributed by atoms with Gasteiger partial charge in [-0.15, -0.1) is 11.3 Å². The van der Waals surface area contributed by atoms with Crippen LogP contribution in [0, 0.1) is 0 Å². The molecule has 0 aliphatic heterocycles. The Bertz CT molecular complexity index is 635. The van der Waals surface area contributed by atoms with Crippen molar-refractivity contribution < 1.29 is 13.5 Å². The summed E-state index contributed by atoms with van der Waals surface area (Å²) in [5.74, 6) is 0. The van der Waals surface area contributed by atoms with Crippen LogP contribution >= 0.6 is 11.3 Å². The Morgan fingerprint density at radius 3 is 2.47 bits per heavy atom. The van der Waals surface area contributed by atoms with Crippen molar-refractivity contribution in [1.82, 2.24) is 0 Å². The minimum atomic E-state index is -3.55. The van der Waals surface area contributed by atoms with Crippen molar-refractivity contribution in [3.8, 4) is 0 Å². The molecule has 2 rings (SSSR count). The Hall–Kier alpha value is -1.37. The monoisotopic (exact) mass is 297 g/mol. The van der Waals surface area contributed by atoms with Crippen molar-refractivity contribution >= 4 is 27.0 Å². The second-order valence-corrected chi connectivity index (χ2v) is 6.94. The SMILES string of the molecule is CCN(c1ccccc1)S(=O)(=O)c1cc(CO)cs1. The predicted octanol–water partition coefficient (Wildman–Crippen LogP) is 2.46. The zero-order valence-corrected chi connectivity index (χ0v) is 12.1. The summed E-state index contributed by atoms with van der Waals surface area (Å²) < 4.78 is 26.7. The van der Waals surface area contributed by atoms with E-state index in [0.29, 0.717) is 17.8 Å². The minimum Gasteiger partial charge on any atom is -0.392 e. The van der Waals surface area contributed by atoms with E-state index in [1.807, 2.05) is 6.07 Å². The van der Waals surface area contributed by atoms with E-state index in [2.05, 4.69) is 0 Å². The van der Waals surface area contributed by atoms with Crippen LogP contribution in [0.1, 0.15) is 12.5 Å². The van der Waals surface area contributed by atoms with Crippen LogP contribution in [0.2, 0.25) is 0 Å². The maximum atomic E-state index is 12.5.